The van der Waals surface area contributed by atoms with Crippen molar-refractivity contribution in [1.29, 1.82) is 0 Å². The molecular weight excluding hydrogens is 338 g/mol. The molecule has 0 radical (unpaired) electrons. The molecule has 0 saturated carbocycles. The second-order valence-electron chi connectivity index (χ2n) is 6.10. The van der Waals surface area contributed by atoms with Crippen molar-refractivity contribution in [3.63, 3.8) is 0 Å². The number of ether oxygens (including phenoxy) is 1. The minimum absolute atomic E-state index is 0.140. The number of nitrogens with one attached hydrogen (secondary N) is 1. The molecule has 1 aromatic heterocycles. The highest BCUT2D eigenvalue weighted by Gasteiger charge is 2.17. The molecule has 6 heteroatoms. The summed E-state index contributed by atoms with van der Waals surface area (Å²) in [4.78, 5) is 15.7. The first kappa shape index (κ1) is 19.7. The van der Waals surface area contributed by atoms with Gasteiger partial charge < -0.3 is 15.5 Å². The minimum atomic E-state index is -2.54. The molecule has 0 saturated heterocycles. The van der Waals surface area contributed by atoms with Crippen LogP contribution in [-0.4, -0.2) is 23.8 Å². The van der Waals surface area contributed by atoms with E-state index >= 15 is 0 Å². The van der Waals surface area contributed by atoms with Gasteiger partial charge in [0.1, 0.15) is 12.4 Å². The number of carbonyl (C=O) groups is 1. The van der Waals surface area contributed by atoms with Crippen LogP contribution < -0.4 is 10.5 Å². The van der Waals surface area contributed by atoms with Crippen LogP contribution in [0.1, 0.15) is 49.2 Å². The fourth-order valence-corrected chi connectivity index (χ4v) is 2.74. The monoisotopic (exact) mass is 362 g/mol. The topological polar surface area (TPSA) is 68.1 Å². The molecule has 0 aliphatic rings. The van der Waals surface area contributed by atoms with Crippen LogP contribution in [0.25, 0.3) is 10.9 Å². The van der Waals surface area contributed by atoms with Crippen molar-refractivity contribution in [2.24, 2.45) is 5.73 Å². The van der Waals surface area contributed by atoms with E-state index < -0.39 is 13.0 Å². The van der Waals surface area contributed by atoms with E-state index in [4.69, 9.17) is 10.5 Å². The quantitative estimate of drug-likeness (QED) is 0.398. The zero-order chi connectivity index (χ0) is 19.3. The molecule has 0 aliphatic carbocycles. The first-order chi connectivity index (χ1) is 12.4. The average Bonchev–Trinajstić information content (AvgIpc) is 3.05. The van der Waals surface area contributed by atoms with Crippen molar-refractivity contribution in [2.75, 3.05) is 6.61 Å². The molecule has 1 heterocycles. The number of hydrogen-bond donors (Lipinski definition) is 2. The Kier molecular flexibility index (Phi) is 6.55. The van der Waals surface area contributed by atoms with Crippen molar-refractivity contribution >= 4 is 16.7 Å². The molecule has 140 valence electrons. The zero-order valence-corrected chi connectivity index (χ0v) is 15.2. The first-order valence-electron chi connectivity index (χ1n) is 8.58. The van der Waals surface area contributed by atoms with Gasteiger partial charge in [0.25, 0.3) is 6.43 Å². The number of allylic oxidation sites excluding steroid dienone is 3. The Morgan fingerprint density at radius 1 is 1.35 bits per heavy atom. The Morgan fingerprint density at radius 2 is 2.08 bits per heavy atom. The van der Waals surface area contributed by atoms with Crippen molar-refractivity contribution in [3.05, 3.63) is 53.4 Å². The van der Waals surface area contributed by atoms with Gasteiger partial charge in [0.2, 0.25) is 5.78 Å². The Labute approximate surface area is 151 Å². The number of ketones is 1. The number of aromatic nitrogens is 1. The summed E-state index contributed by atoms with van der Waals surface area (Å²) in [5.41, 5.74) is 7.86. The molecule has 0 spiro atoms. The fraction of sp³-hybridized carbons (Fsp3) is 0.350. The van der Waals surface area contributed by atoms with Gasteiger partial charge in [-0.2, -0.15) is 0 Å². The van der Waals surface area contributed by atoms with E-state index in [2.05, 4.69) is 4.98 Å². The minimum Gasteiger partial charge on any atom is -0.487 e. The van der Waals surface area contributed by atoms with Crippen LogP contribution in [0.2, 0.25) is 0 Å². The van der Waals surface area contributed by atoms with Crippen molar-refractivity contribution in [3.8, 4) is 5.75 Å². The summed E-state index contributed by atoms with van der Waals surface area (Å²) >= 11 is 0. The lowest BCUT2D eigenvalue weighted by Gasteiger charge is -2.16. The van der Waals surface area contributed by atoms with Gasteiger partial charge in [0, 0.05) is 16.5 Å². The predicted octanol–water partition coefficient (Wildman–Crippen LogP) is 4.93. The SMILES string of the molecule is C/C=C(\C=C/N)C(=O)c1cc2cc(OCC(F)F)c(C(C)CC)cc2[nH]1. The van der Waals surface area contributed by atoms with Crippen molar-refractivity contribution in [1.82, 2.24) is 4.98 Å². The van der Waals surface area contributed by atoms with Crippen molar-refractivity contribution in [2.45, 2.75) is 39.5 Å². The summed E-state index contributed by atoms with van der Waals surface area (Å²) < 4.78 is 30.4. The first-order valence-corrected chi connectivity index (χ1v) is 8.58. The number of fused-ring (bicyclic) bond motifs is 1. The van der Waals surface area contributed by atoms with Crippen LogP contribution >= 0.6 is 0 Å². The van der Waals surface area contributed by atoms with Gasteiger partial charge in [-0.15, -0.1) is 0 Å². The molecule has 2 aromatic rings. The van der Waals surface area contributed by atoms with Crippen LogP contribution in [0, 0.1) is 0 Å². The van der Waals surface area contributed by atoms with E-state index in [1.807, 2.05) is 19.9 Å². The summed E-state index contributed by atoms with van der Waals surface area (Å²) in [5.74, 6) is 0.379. The smallest absolute Gasteiger partial charge is 0.272 e. The lowest BCUT2D eigenvalue weighted by atomic mass is 9.96. The van der Waals surface area contributed by atoms with E-state index in [1.54, 1.807) is 25.1 Å². The molecule has 2 rings (SSSR count). The Bertz CT molecular complexity index is 838. The summed E-state index contributed by atoms with van der Waals surface area (Å²) in [6, 6.07) is 5.27. The van der Waals surface area contributed by atoms with Crippen LogP contribution in [0.15, 0.2) is 42.1 Å². The third kappa shape index (κ3) is 4.31. The number of Topliss-reactive ketones (excluding diaryl/α,β-unsaturated/α-hetero) is 1. The standard InChI is InChI=1S/C20H24F2N2O2/c1-4-12(3)15-10-16-14(9-18(15)26-11-19(21)22)8-17(24-16)20(25)13(5-2)6-7-23/h5-10,12,19,24H,4,11,23H2,1-3H3/b7-6-,13-5+. The molecule has 26 heavy (non-hydrogen) atoms. The molecule has 1 atom stereocenters. The third-order valence-corrected chi connectivity index (χ3v) is 4.35. The van der Waals surface area contributed by atoms with Crippen molar-refractivity contribution < 1.29 is 18.3 Å². The van der Waals surface area contributed by atoms with Gasteiger partial charge in [-0.05, 0) is 55.3 Å². The maximum Gasteiger partial charge on any atom is 0.272 e. The van der Waals surface area contributed by atoms with E-state index in [-0.39, 0.29) is 11.7 Å². The van der Waals surface area contributed by atoms with Gasteiger partial charge in [-0.1, -0.05) is 19.9 Å². The molecule has 1 unspecified atom stereocenters. The highest BCUT2D eigenvalue weighted by atomic mass is 19.3. The largest absolute Gasteiger partial charge is 0.487 e. The Balaban J connectivity index is 2.49. The van der Waals surface area contributed by atoms with Crippen LogP contribution in [-0.2, 0) is 0 Å². The second-order valence-corrected chi connectivity index (χ2v) is 6.10. The summed E-state index contributed by atoms with van der Waals surface area (Å²) in [6.45, 7) is 5.13. The molecule has 0 aliphatic heterocycles. The van der Waals surface area contributed by atoms with Gasteiger partial charge in [0.05, 0.1) is 5.69 Å². The second kappa shape index (κ2) is 8.65. The normalized spacial score (nSPS) is 13.7. The molecule has 0 fully saturated rings. The zero-order valence-electron chi connectivity index (χ0n) is 15.2. The van der Waals surface area contributed by atoms with Crippen LogP contribution in [0.3, 0.4) is 0 Å². The van der Waals surface area contributed by atoms with Crippen LogP contribution in [0.5, 0.6) is 5.75 Å². The summed E-state index contributed by atoms with van der Waals surface area (Å²) in [6.07, 6.45) is 2.83. The Morgan fingerprint density at radius 3 is 2.65 bits per heavy atom. The number of carbonyl (C=O) groups excluding carboxylic acids is 1. The summed E-state index contributed by atoms with van der Waals surface area (Å²) in [7, 11) is 0. The highest BCUT2D eigenvalue weighted by Crippen LogP contribution is 2.34. The number of hydrogen-bond acceptors (Lipinski definition) is 3. The van der Waals surface area contributed by atoms with Gasteiger partial charge >= 0.3 is 0 Å². The maximum atomic E-state index is 12.6. The molecule has 3 N–H and O–H groups in total. The average molecular weight is 362 g/mol. The molecular formula is C20H24F2N2O2. The van der Waals surface area contributed by atoms with Gasteiger partial charge in [-0.25, -0.2) is 8.78 Å². The number of nitrogens with two attached hydrogens (primary N) is 1. The number of alkyl halides is 2. The fourth-order valence-electron chi connectivity index (χ4n) is 2.74. The lowest BCUT2D eigenvalue weighted by molar-refractivity contribution is 0.0813. The number of halogens is 2. The molecule has 4 nitrogen and oxygen atoms in total. The van der Waals surface area contributed by atoms with E-state index in [1.165, 1.54) is 12.3 Å². The molecule has 1 aromatic carbocycles. The third-order valence-electron chi connectivity index (χ3n) is 4.35. The van der Waals surface area contributed by atoms with E-state index in [0.717, 1.165) is 22.9 Å². The lowest BCUT2D eigenvalue weighted by Crippen LogP contribution is -2.09. The van der Waals surface area contributed by atoms with E-state index in [9.17, 15) is 13.6 Å². The Hall–Kier alpha value is -2.63. The number of aromatic amines is 1. The maximum absolute atomic E-state index is 12.6. The predicted molar refractivity (Wildman–Crippen MR) is 99.9 cm³/mol. The number of H-pyrrole nitrogens is 1. The van der Waals surface area contributed by atoms with Crippen LogP contribution in [0.4, 0.5) is 8.78 Å². The van der Waals surface area contributed by atoms with E-state index in [0.29, 0.717) is 17.0 Å². The summed E-state index contributed by atoms with van der Waals surface area (Å²) in [5, 5.41) is 0.733. The number of benzene rings is 1. The number of rotatable bonds is 8. The molecule has 0 amide bonds. The van der Waals surface area contributed by atoms with Gasteiger partial charge in [0.15, 0.2) is 0 Å². The molecule has 0 bridgehead atoms. The van der Waals surface area contributed by atoms with Gasteiger partial charge in [-0.3, -0.25) is 4.79 Å². The highest BCUT2D eigenvalue weighted by molar-refractivity contribution is 6.11.